The van der Waals surface area contributed by atoms with Gasteiger partial charge in [0.05, 0.1) is 6.04 Å². The number of nitrogens with zero attached hydrogens (tertiary/aromatic N) is 1. The average Bonchev–Trinajstić information content (AvgIpc) is 2.94. The third-order valence-corrected chi connectivity index (χ3v) is 5.41. The van der Waals surface area contributed by atoms with Crippen molar-refractivity contribution >= 4 is 10.9 Å². The lowest BCUT2D eigenvalue weighted by atomic mass is 9.87. The number of rotatable bonds is 3. The van der Waals surface area contributed by atoms with E-state index in [1.807, 2.05) is 31.2 Å². The summed E-state index contributed by atoms with van der Waals surface area (Å²) in [4.78, 5) is 5.11. The number of aromatic hydroxyl groups is 1. The Labute approximate surface area is 161 Å². The predicted octanol–water partition coefficient (Wildman–Crippen LogP) is 5.24. The second-order valence-corrected chi connectivity index (χ2v) is 8.23. The molecule has 0 aliphatic carbocycles. The molecule has 0 unspecified atom stereocenters. The molecule has 1 aliphatic rings. The number of alkyl halides is 1. The van der Waals surface area contributed by atoms with Gasteiger partial charge in [0.15, 0.2) is 0 Å². The Balaban J connectivity index is 1.98. The minimum atomic E-state index is -1.54. The van der Waals surface area contributed by atoms with Crippen molar-refractivity contribution in [1.82, 2.24) is 9.88 Å². The predicted molar refractivity (Wildman–Crippen MR) is 103 cm³/mol. The molecule has 2 N–H and O–H groups in total. The lowest BCUT2D eigenvalue weighted by molar-refractivity contribution is 0.0642. The lowest BCUT2D eigenvalue weighted by Crippen LogP contribution is -2.48. The number of fused-ring (bicyclic) bond motifs is 3. The SMILES string of the molecule is C[C@@H]1Cc2c([nH]c3ccccc23)[C@@H](c2c(F)cc(O)cc2F)N1CC(C)(C)F. The number of aromatic amines is 1. The summed E-state index contributed by atoms with van der Waals surface area (Å²) in [6, 6.07) is 8.58. The van der Waals surface area contributed by atoms with Gasteiger partial charge >= 0.3 is 0 Å². The number of aromatic nitrogens is 1. The van der Waals surface area contributed by atoms with Gasteiger partial charge in [0.2, 0.25) is 0 Å². The third kappa shape index (κ3) is 3.15. The molecule has 0 fully saturated rings. The fourth-order valence-electron chi connectivity index (χ4n) is 4.33. The van der Waals surface area contributed by atoms with Crippen LogP contribution in [-0.2, 0) is 6.42 Å². The summed E-state index contributed by atoms with van der Waals surface area (Å²) in [5, 5.41) is 10.6. The van der Waals surface area contributed by atoms with Crippen LogP contribution in [0.1, 0.15) is 43.6 Å². The molecular weight excluding hydrogens is 365 g/mol. The highest BCUT2D eigenvalue weighted by molar-refractivity contribution is 5.85. The topological polar surface area (TPSA) is 39.3 Å². The number of phenols is 1. The summed E-state index contributed by atoms with van der Waals surface area (Å²) in [6.45, 7) is 4.88. The normalized spacial score (nSPS) is 20.5. The molecule has 2 heterocycles. The van der Waals surface area contributed by atoms with Crippen molar-refractivity contribution in [2.45, 2.75) is 44.9 Å². The van der Waals surface area contributed by atoms with Crippen molar-refractivity contribution < 1.29 is 18.3 Å². The molecule has 148 valence electrons. The van der Waals surface area contributed by atoms with Crippen molar-refractivity contribution in [1.29, 1.82) is 0 Å². The van der Waals surface area contributed by atoms with E-state index in [1.165, 1.54) is 13.8 Å². The molecule has 6 heteroatoms. The first-order valence-corrected chi connectivity index (χ1v) is 9.38. The fourth-order valence-corrected chi connectivity index (χ4v) is 4.33. The maximum atomic E-state index is 14.8. The van der Waals surface area contributed by atoms with E-state index in [9.17, 15) is 18.3 Å². The molecule has 0 spiro atoms. The number of para-hydroxylation sites is 1. The Kier molecular flexibility index (Phi) is 4.42. The Morgan fingerprint density at radius 3 is 2.46 bits per heavy atom. The van der Waals surface area contributed by atoms with Crippen LogP contribution >= 0.6 is 0 Å². The highest BCUT2D eigenvalue weighted by atomic mass is 19.1. The van der Waals surface area contributed by atoms with Gasteiger partial charge < -0.3 is 10.1 Å². The second kappa shape index (κ2) is 6.55. The highest BCUT2D eigenvalue weighted by Gasteiger charge is 2.40. The van der Waals surface area contributed by atoms with Crippen LogP contribution < -0.4 is 0 Å². The summed E-state index contributed by atoms with van der Waals surface area (Å²) >= 11 is 0. The van der Waals surface area contributed by atoms with Gasteiger partial charge in [-0.2, -0.15) is 0 Å². The molecule has 0 bridgehead atoms. The molecule has 2 atom stereocenters. The summed E-state index contributed by atoms with van der Waals surface area (Å²) in [5.74, 6) is -2.16. The fraction of sp³-hybridized carbons (Fsp3) is 0.364. The number of nitrogens with one attached hydrogen (secondary N) is 1. The van der Waals surface area contributed by atoms with E-state index in [-0.39, 0.29) is 18.2 Å². The summed E-state index contributed by atoms with van der Waals surface area (Å²) in [7, 11) is 0. The van der Waals surface area contributed by atoms with E-state index in [0.29, 0.717) is 12.1 Å². The molecule has 0 amide bonds. The molecule has 4 rings (SSSR count). The first-order valence-electron chi connectivity index (χ1n) is 9.38. The molecule has 0 radical (unpaired) electrons. The van der Waals surface area contributed by atoms with Gasteiger partial charge in [0, 0.05) is 46.9 Å². The number of H-pyrrole nitrogens is 1. The number of halogens is 3. The molecule has 3 aromatic rings. The van der Waals surface area contributed by atoms with E-state index in [4.69, 9.17) is 0 Å². The maximum Gasteiger partial charge on any atom is 0.135 e. The molecule has 1 aliphatic heterocycles. The maximum absolute atomic E-state index is 14.8. The summed E-state index contributed by atoms with van der Waals surface area (Å²) in [5.41, 5.74) is 0.826. The van der Waals surface area contributed by atoms with Crippen LogP contribution in [0.3, 0.4) is 0 Å². The third-order valence-electron chi connectivity index (χ3n) is 5.41. The Hall–Kier alpha value is -2.47. The molecule has 0 saturated heterocycles. The van der Waals surface area contributed by atoms with Gasteiger partial charge in [0.1, 0.15) is 23.1 Å². The summed E-state index contributed by atoms with van der Waals surface area (Å²) in [6.07, 6.45) is 0.646. The van der Waals surface area contributed by atoms with Crippen molar-refractivity contribution in [3.63, 3.8) is 0 Å². The summed E-state index contributed by atoms with van der Waals surface area (Å²) < 4.78 is 44.3. The largest absolute Gasteiger partial charge is 0.508 e. The van der Waals surface area contributed by atoms with Gasteiger partial charge in [-0.1, -0.05) is 18.2 Å². The molecule has 3 nitrogen and oxygen atoms in total. The Bertz CT molecular complexity index is 1010. The van der Waals surface area contributed by atoms with E-state index in [1.54, 1.807) is 4.90 Å². The van der Waals surface area contributed by atoms with Crippen LogP contribution in [0.5, 0.6) is 5.75 Å². The van der Waals surface area contributed by atoms with Crippen LogP contribution in [0.15, 0.2) is 36.4 Å². The molecule has 2 aromatic carbocycles. The zero-order chi connectivity index (χ0) is 20.2. The van der Waals surface area contributed by atoms with Gasteiger partial charge in [-0.25, -0.2) is 13.2 Å². The lowest BCUT2D eigenvalue weighted by Gasteiger charge is -2.43. The minimum Gasteiger partial charge on any atom is -0.508 e. The number of hydrogen-bond donors (Lipinski definition) is 2. The molecule has 1 aromatic heterocycles. The van der Waals surface area contributed by atoms with Crippen molar-refractivity contribution in [2.24, 2.45) is 0 Å². The van der Waals surface area contributed by atoms with Gasteiger partial charge in [-0.05, 0) is 38.8 Å². The Morgan fingerprint density at radius 2 is 1.82 bits per heavy atom. The minimum absolute atomic E-state index is 0.0212. The van der Waals surface area contributed by atoms with E-state index >= 15 is 0 Å². The molecule has 0 saturated carbocycles. The van der Waals surface area contributed by atoms with Crippen molar-refractivity contribution in [3.05, 3.63) is 64.9 Å². The molecule has 28 heavy (non-hydrogen) atoms. The van der Waals surface area contributed by atoms with Gasteiger partial charge in [0.25, 0.3) is 0 Å². The zero-order valence-corrected chi connectivity index (χ0v) is 16.1. The standard InChI is InChI=1S/C22H23F3N2O/c1-12-8-15-14-6-4-5-7-18(14)26-20(15)21(27(12)11-22(2,3)25)19-16(23)9-13(28)10-17(19)24/h4-7,9-10,12,21,26,28H,8,11H2,1-3H3/t12-,21-/m1/s1. The van der Waals surface area contributed by atoms with E-state index in [2.05, 4.69) is 4.98 Å². The molecular formula is C22H23F3N2O. The zero-order valence-electron chi connectivity index (χ0n) is 16.1. The first kappa shape index (κ1) is 18.9. The highest BCUT2D eigenvalue weighted by Crippen LogP contribution is 2.43. The first-order chi connectivity index (χ1) is 13.2. The number of hydrogen-bond acceptors (Lipinski definition) is 2. The number of benzene rings is 2. The van der Waals surface area contributed by atoms with Crippen LogP contribution in [-0.4, -0.2) is 33.2 Å². The van der Waals surface area contributed by atoms with Crippen LogP contribution in [0.25, 0.3) is 10.9 Å². The monoisotopic (exact) mass is 388 g/mol. The smallest absolute Gasteiger partial charge is 0.135 e. The number of phenolic OH excluding ortho intramolecular Hbond substituents is 1. The average molecular weight is 388 g/mol. The van der Waals surface area contributed by atoms with Crippen molar-refractivity contribution in [2.75, 3.05) is 6.54 Å². The quantitative estimate of drug-likeness (QED) is 0.644. The van der Waals surface area contributed by atoms with Crippen molar-refractivity contribution in [3.8, 4) is 5.75 Å². The van der Waals surface area contributed by atoms with Crippen LogP contribution in [0.2, 0.25) is 0 Å². The van der Waals surface area contributed by atoms with E-state index in [0.717, 1.165) is 28.6 Å². The van der Waals surface area contributed by atoms with Gasteiger partial charge in [-0.3, -0.25) is 4.90 Å². The van der Waals surface area contributed by atoms with Crippen LogP contribution in [0.4, 0.5) is 13.2 Å². The van der Waals surface area contributed by atoms with Gasteiger partial charge in [-0.15, -0.1) is 0 Å². The Morgan fingerprint density at radius 1 is 1.18 bits per heavy atom. The van der Waals surface area contributed by atoms with Crippen LogP contribution in [0, 0.1) is 11.6 Å². The second-order valence-electron chi connectivity index (χ2n) is 8.23. The van der Waals surface area contributed by atoms with E-state index < -0.39 is 29.1 Å².